The highest BCUT2D eigenvalue weighted by atomic mass is 16.5. The molecule has 1 atom stereocenters. The lowest BCUT2D eigenvalue weighted by atomic mass is 10.1. The van der Waals surface area contributed by atoms with Gasteiger partial charge in [-0.05, 0) is 31.5 Å². The molecule has 5 heteroatoms. The molecule has 0 bridgehead atoms. The number of carbonyl (C=O) groups is 2. The van der Waals surface area contributed by atoms with E-state index >= 15 is 0 Å². The quantitative estimate of drug-likeness (QED) is 0.767. The van der Waals surface area contributed by atoms with Gasteiger partial charge in [0.05, 0.1) is 5.56 Å². The van der Waals surface area contributed by atoms with Crippen molar-refractivity contribution in [1.29, 1.82) is 0 Å². The molecule has 102 valence electrons. The van der Waals surface area contributed by atoms with Crippen molar-refractivity contribution in [2.45, 2.75) is 20.0 Å². The Bertz CT molecular complexity index is 496. The topological polar surface area (TPSA) is 75.6 Å². The minimum Gasteiger partial charge on any atom is -0.481 e. The first-order chi connectivity index (χ1) is 8.95. The van der Waals surface area contributed by atoms with Crippen LogP contribution in [0, 0.1) is 6.92 Å². The Morgan fingerprint density at radius 1 is 1.53 bits per heavy atom. The second-order valence-electron chi connectivity index (χ2n) is 4.08. The van der Waals surface area contributed by atoms with Gasteiger partial charge in [-0.25, -0.2) is 4.79 Å². The molecule has 0 aliphatic carbocycles. The number of aromatic carboxylic acids is 1. The van der Waals surface area contributed by atoms with E-state index in [2.05, 4.69) is 11.9 Å². The lowest BCUT2D eigenvalue weighted by Crippen LogP contribution is -2.36. The van der Waals surface area contributed by atoms with Crippen LogP contribution in [-0.2, 0) is 4.79 Å². The van der Waals surface area contributed by atoms with Gasteiger partial charge in [-0.1, -0.05) is 12.1 Å². The summed E-state index contributed by atoms with van der Waals surface area (Å²) in [6.07, 6.45) is 0.865. The molecule has 0 radical (unpaired) electrons. The number of aryl methyl sites for hydroxylation is 1. The zero-order valence-electron chi connectivity index (χ0n) is 11.0. The van der Waals surface area contributed by atoms with Crippen LogP contribution >= 0.6 is 0 Å². The highest BCUT2D eigenvalue weighted by Gasteiger charge is 2.16. The minimum absolute atomic E-state index is 0.124. The largest absolute Gasteiger partial charge is 0.481 e. The molecule has 5 nitrogen and oxygen atoms in total. The van der Waals surface area contributed by atoms with Gasteiger partial charge in [0.1, 0.15) is 5.75 Å². The Kier molecular flexibility index (Phi) is 5.11. The van der Waals surface area contributed by atoms with Crippen molar-refractivity contribution in [3.63, 3.8) is 0 Å². The first-order valence-corrected chi connectivity index (χ1v) is 5.85. The monoisotopic (exact) mass is 263 g/mol. The summed E-state index contributed by atoms with van der Waals surface area (Å²) in [6.45, 7) is 7.25. The Morgan fingerprint density at radius 2 is 2.21 bits per heavy atom. The maximum atomic E-state index is 11.6. The smallest absolute Gasteiger partial charge is 0.335 e. The van der Waals surface area contributed by atoms with Crippen molar-refractivity contribution in [1.82, 2.24) is 5.32 Å². The van der Waals surface area contributed by atoms with Crippen LogP contribution in [0.15, 0.2) is 30.9 Å². The minimum atomic E-state index is -1.03. The van der Waals surface area contributed by atoms with Gasteiger partial charge in [-0.15, -0.1) is 6.58 Å². The van der Waals surface area contributed by atoms with Gasteiger partial charge >= 0.3 is 5.97 Å². The zero-order chi connectivity index (χ0) is 14.4. The van der Waals surface area contributed by atoms with E-state index in [-0.39, 0.29) is 11.5 Å². The van der Waals surface area contributed by atoms with Crippen molar-refractivity contribution in [3.05, 3.63) is 42.0 Å². The van der Waals surface area contributed by atoms with Crippen LogP contribution in [-0.4, -0.2) is 29.6 Å². The fraction of sp³-hybridized carbons (Fsp3) is 0.286. The molecule has 0 heterocycles. The maximum Gasteiger partial charge on any atom is 0.335 e. The molecule has 0 fully saturated rings. The number of benzene rings is 1. The summed E-state index contributed by atoms with van der Waals surface area (Å²) in [5.41, 5.74) is 0.896. The molecular weight excluding hydrogens is 246 g/mol. The number of carboxylic acid groups (broad SMARTS) is 1. The van der Waals surface area contributed by atoms with E-state index in [1.54, 1.807) is 26.0 Å². The molecule has 19 heavy (non-hydrogen) atoms. The summed E-state index contributed by atoms with van der Waals surface area (Å²) in [7, 11) is 0. The van der Waals surface area contributed by atoms with Crippen molar-refractivity contribution in [2.24, 2.45) is 0 Å². The average molecular weight is 263 g/mol. The standard InChI is InChI=1S/C14H17NO4/c1-4-7-15-13(16)10(3)19-12-8-11(14(17)18)6-5-9(12)2/h4-6,8,10H,1,7H2,2-3H3,(H,15,16)(H,17,18)/t10-/m0/s1. The molecular formula is C14H17NO4. The highest BCUT2D eigenvalue weighted by Crippen LogP contribution is 2.21. The number of amides is 1. The molecule has 0 aromatic heterocycles. The summed E-state index contributed by atoms with van der Waals surface area (Å²) in [6, 6.07) is 4.55. The van der Waals surface area contributed by atoms with Gasteiger partial charge in [0.25, 0.3) is 5.91 Å². The number of carboxylic acids is 1. The van der Waals surface area contributed by atoms with Crippen LogP contribution < -0.4 is 10.1 Å². The fourth-order valence-electron chi connectivity index (χ4n) is 1.42. The molecule has 1 rings (SSSR count). The summed E-state index contributed by atoms with van der Waals surface area (Å²) in [5, 5.41) is 11.5. The summed E-state index contributed by atoms with van der Waals surface area (Å²) < 4.78 is 5.49. The molecule has 0 aliphatic heterocycles. The fourth-order valence-corrected chi connectivity index (χ4v) is 1.42. The first kappa shape index (κ1) is 14.8. The van der Waals surface area contributed by atoms with Crippen molar-refractivity contribution in [2.75, 3.05) is 6.54 Å². The van der Waals surface area contributed by atoms with Gasteiger partial charge in [-0.3, -0.25) is 4.79 Å². The van der Waals surface area contributed by atoms with E-state index in [0.717, 1.165) is 5.56 Å². The van der Waals surface area contributed by atoms with Crippen LogP contribution in [0.5, 0.6) is 5.75 Å². The highest BCUT2D eigenvalue weighted by molar-refractivity contribution is 5.88. The molecule has 0 aliphatic rings. The Labute approximate surface area is 111 Å². The number of hydrogen-bond donors (Lipinski definition) is 2. The number of nitrogens with one attached hydrogen (secondary N) is 1. The SMILES string of the molecule is C=CCNC(=O)[C@H](C)Oc1cc(C(=O)O)ccc1C. The second-order valence-corrected chi connectivity index (χ2v) is 4.08. The lowest BCUT2D eigenvalue weighted by Gasteiger charge is -2.16. The Hall–Kier alpha value is -2.30. The van der Waals surface area contributed by atoms with Crippen molar-refractivity contribution < 1.29 is 19.4 Å². The van der Waals surface area contributed by atoms with Crippen LogP contribution in [0.3, 0.4) is 0 Å². The summed E-state index contributed by atoms with van der Waals surface area (Å²) in [5.74, 6) is -0.921. The van der Waals surface area contributed by atoms with E-state index in [0.29, 0.717) is 12.3 Å². The van der Waals surface area contributed by atoms with Crippen molar-refractivity contribution in [3.8, 4) is 5.75 Å². The normalized spacial score (nSPS) is 11.5. The third-order valence-corrected chi connectivity index (χ3v) is 2.53. The van der Waals surface area contributed by atoms with Crippen molar-refractivity contribution >= 4 is 11.9 Å². The molecule has 0 spiro atoms. The number of ether oxygens (including phenoxy) is 1. The van der Waals surface area contributed by atoms with E-state index in [1.807, 2.05) is 0 Å². The Balaban J connectivity index is 2.80. The zero-order valence-corrected chi connectivity index (χ0v) is 11.0. The third-order valence-electron chi connectivity index (χ3n) is 2.53. The van der Waals surface area contributed by atoms with Crippen LogP contribution in [0.1, 0.15) is 22.8 Å². The van der Waals surface area contributed by atoms with E-state index in [4.69, 9.17) is 9.84 Å². The molecule has 2 N–H and O–H groups in total. The van der Waals surface area contributed by atoms with Gasteiger partial charge in [0, 0.05) is 6.54 Å². The molecule has 0 saturated heterocycles. The average Bonchev–Trinajstić information content (AvgIpc) is 2.38. The van der Waals surface area contributed by atoms with Gasteiger partial charge in [-0.2, -0.15) is 0 Å². The summed E-state index contributed by atoms with van der Waals surface area (Å²) >= 11 is 0. The lowest BCUT2D eigenvalue weighted by molar-refractivity contribution is -0.127. The van der Waals surface area contributed by atoms with Gasteiger partial charge < -0.3 is 15.2 Å². The van der Waals surface area contributed by atoms with Crippen LogP contribution in [0.25, 0.3) is 0 Å². The maximum absolute atomic E-state index is 11.6. The predicted octanol–water partition coefficient (Wildman–Crippen LogP) is 1.76. The second kappa shape index (κ2) is 6.58. The molecule has 0 unspecified atom stereocenters. The molecule has 1 amide bonds. The van der Waals surface area contributed by atoms with Gasteiger partial charge in [0.2, 0.25) is 0 Å². The molecule has 0 saturated carbocycles. The Morgan fingerprint density at radius 3 is 2.79 bits per heavy atom. The third kappa shape index (κ3) is 4.13. The van der Waals surface area contributed by atoms with E-state index in [9.17, 15) is 9.59 Å². The van der Waals surface area contributed by atoms with Crippen LogP contribution in [0.2, 0.25) is 0 Å². The van der Waals surface area contributed by atoms with Crippen LogP contribution in [0.4, 0.5) is 0 Å². The van der Waals surface area contributed by atoms with Gasteiger partial charge in [0.15, 0.2) is 6.10 Å². The summed E-state index contributed by atoms with van der Waals surface area (Å²) in [4.78, 5) is 22.5. The predicted molar refractivity (Wildman–Crippen MR) is 71.4 cm³/mol. The van der Waals surface area contributed by atoms with E-state index in [1.165, 1.54) is 12.1 Å². The molecule has 1 aromatic carbocycles. The molecule has 1 aromatic rings. The first-order valence-electron chi connectivity index (χ1n) is 5.85. The number of hydrogen-bond acceptors (Lipinski definition) is 3. The number of carbonyl (C=O) groups excluding carboxylic acids is 1. The van der Waals surface area contributed by atoms with E-state index < -0.39 is 12.1 Å². The number of rotatable bonds is 6.